The van der Waals surface area contributed by atoms with Gasteiger partial charge in [-0.15, -0.1) is 6.58 Å². The van der Waals surface area contributed by atoms with Gasteiger partial charge in [-0.05, 0) is 35.7 Å². The molecule has 38 heavy (non-hydrogen) atoms. The number of ether oxygens (including phenoxy) is 2. The van der Waals surface area contributed by atoms with Crippen LogP contribution in [-0.4, -0.2) is 52.4 Å². The third-order valence-electron chi connectivity index (χ3n) is 6.59. The van der Waals surface area contributed by atoms with Crippen LogP contribution in [0.3, 0.4) is 0 Å². The van der Waals surface area contributed by atoms with Crippen LogP contribution in [0.25, 0.3) is 28.2 Å². The molecule has 1 fully saturated rings. The van der Waals surface area contributed by atoms with E-state index < -0.39 is 6.61 Å². The summed E-state index contributed by atoms with van der Waals surface area (Å²) in [5.41, 5.74) is 4.87. The number of aromatic nitrogens is 4. The SMILES string of the molecule is C=CCCc1nc2cc(-c3cnc(N4CCOCC4)nc3)ccc2n1Cc1c(C=C)cccc1OC(F)F. The van der Waals surface area contributed by atoms with Gasteiger partial charge in [-0.1, -0.05) is 36.9 Å². The molecule has 1 aliphatic rings. The summed E-state index contributed by atoms with van der Waals surface area (Å²) in [5, 5.41) is 0. The average molecular weight is 518 g/mol. The second-order valence-corrected chi connectivity index (χ2v) is 8.92. The first-order chi connectivity index (χ1) is 18.6. The summed E-state index contributed by atoms with van der Waals surface area (Å²) in [6.07, 6.45) is 8.52. The molecule has 0 atom stereocenters. The lowest BCUT2D eigenvalue weighted by Crippen LogP contribution is -2.37. The van der Waals surface area contributed by atoms with Gasteiger partial charge in [0.2, 0.25) is 5.95 Å². The molecule has 196 valence electrons. The van der Waals surface area contributed by atoms with Crippen LogP contribution < -0.4 is 9.64 Å². The summed E-state index contributed by atoms with van der Waals surface area (Å²) in [4.78, 5) is 16.2. The van der Waals surface area contributed by atoms with Gasteiger partial charge in [0.05, 0.1) is 30.8 Å². The zero-order valence-corrected chi connectivity index (χ0v) is 21.0. The first-order valence-corrected chi connectivity index (χ1v) is 12.5. The van der Waals surface area contributed by atoms with Crippen molar-refractivity contribution in [1.82, 2.24) is 19.5 Å². The number of hydrogen-bond donors (Lipinski definition) is 0. The summed E-state index contributed by atoms with van der Waals surface area (Å²) >= 11 is 0. The molecule has 2 aromatic heterocycles. The Labute approximate surface area is 220 Å². The maximum absolute atomic E-state index is 13.2. The lowest BCUT2D eigenvalue weighted by molar-refractivity contribution is -0.0504. The van der Waals surface area contributed by atoms with Gasteiger partial charge in [0.1, 0.15) is 11.6 Å². The van der Waals surface area contributed by atoms with Gasteiger partial charge < -0.3 is 18.9 Å². The van der Waals surface area contributed by atoms with Crippen molar-refractivity contribution in [2.45, 2.75) is 26.0 Å². The molecule has 0 saturated carbocycles. The van der Waals surface area contributed by atoms with Crippen molar-refractivity contribution < 1.29 is 18.3 Å². The number of hydrogen-bond acceptors (Lipinski definition) is 6. The summed E-state index contributed by atoms with van der Waals surface area (Å²) in [6.45, 7) is 7.97. The predicted molar refractivity (Wildman–Crippen MR) is 145 cm³/mol. The largest absolute Gasteiger partial charge is 0.434 e. The van der Waals surface area contributed by atoms with E-state index >= 15 is 0 Å². The van der Waals surface area contributed by atoms with Crippen LogP contribution in [0.15, 0.2) is 68.0 Å². The molecule has 0 spiro atoms. The van der Waals surface area contributed by atoms with Crippen LogP contribution in [0.1, 0.15) is 23.4 Å². The Kier molecular flexibility index (Phi) is 7.74. The Morgan fingerprint density at radius 3 is 2.55 bits per heavy atom. The van der Waals surface area contributed by atoms with Gasteiger partial charge in [-0.2, -0.15) is 8.78 Å². The Balaban J connectivity index is 1.51. The van der Waals surface area contributed by atoms with Crippen molar-refractivity contribution in [2.75, 3.05) is 31.2 Å². The van der Waals surface area contributed by atoms with Crippen molar-refractivity contribution >= 4 is 23.1 Å². The first kappa shape index (κ1) is 25.5. The number of allylic oxidation sites excluding steroid dienone is 1. The van der Waals surface area contributed by atoms with Crippen LogP contribution in [0.2, 0.25) is 0 Å². The first-order valence-electron chi connectivity index (χ1n) is 12.5. The summed E-state index contributed by atoms with van der Waals surface area (Å²) in [5.74, 6) is 1.65. The minimum Gasteiger partial charge on any atom is -0.434 e. The average Bonchev–Trinajstić information content (AvgIpc) is 3.29. The van der Waals surface area contributed by atoms with Crippen LogP contribution in [0.4, 0.5) is 14.7 Å². The second kappa shape index (κ2) is 11.5. The number of benzene rings is 2. The highest BCUT2D eigenvalue weighted by molar-refractivity contribution is 5.82. The van der Waals surface area contributed by atoms with E-state index in [0.29, 0.717) is 37.7 Å². The minimum absolute atomic E-state index is 0.128. The lowest BCUT2D eigenvalue weighted by atomic mass is 10.1. The number of anilines is 1. The van der Waals surface area contributed by atoms with Gasteiger partial charge in [-0.3, -0.25) is 0 Å². The molecular weight excluding hydrogens is 488 g/mol. The van der Waals surface area contributed by atoms with E-state index in [9.17, 15) is 8.78 Å². The van der Waals surface area contributed by atoms with E-state index in [4.69, 9.17) is 14.5 Å². The van der Waals surface area contributed by atoms with Crippen molar-refractivity contribution in [2.24, 2.45) is 0 Å². The van der Waals surface area contributed by atoms with Crippen molar-refractivity contribution in [1.29, 1.82) is 0 Å². The third-order valence-corrected chi connectivity index (χ3v) is 6.59. The molecule has 0 amide bonds. The fraction of sp³-hybridized carbons (Fsp3) is 0.276. The standard InChI is InChI=1S/C29H29F2N5O2/c1-3-5-9-27-34-24-16-21(22-17-32-29(33-18-22)35-12-14-37-15-13-35)10-11-25(24)36(27)19-23-20(4-2)7-6-8-26(23)38-28(30)31/h3-4,6-8,10-11,16-18,28H,1-2,5,9,12-15,19H2. The van der Waals surface area contributed by atoms with E-state index in [1.807, 2.05) is 47.3 Å². The predicted octanol–water partition coefficient (Wildman–Crippen LogP) is 5.74. The molecule has 0 unspecified atom stereocenters. The second-order valence-electron chi connectivity index (χ2n) is 8.92. The lowest BCUT2D eigenvalue weighted by Gasteiger charge is -2.26. The molecule has 1 saturated heterocycles. The van der Waals surface area contributed by atoms with Gasteiger partial charge >= 0.3 is 6.61 Å². The molecule has 0 aliphatic carbocycles. The maximum Gasteiger partial charge on any atom is 0.387 e. The monoisotopic (exact) mass is 517 g/mol. The number of nitrogens with zero attached hydrogens (tertiary/aromatic N) is 5. The number of rotatable bonds is 10. The number of alkyl halides is 2. The summed E-state index contributed by atoms with van der Waals surface area (Å²) in [6, 6.07) is 11.1. The molecule has 5 rings (SSSR count). The van der Waals surface area contributed by atoms with Crippen molar-refractivity contribution in [3.63, 3.8) is 0 Å². The van der Waals surface area contributed by atoms with Crippen LogP contribution in [-0.2, 0) is 17.7 Å². The molecule has 2 aromatic carbocycles. The van der Waals surface area contributed by atoms with E-state index in [-0.39, 0.29) is 5.75 Å². The quantitative estimate of drug-likeness (QED) is 0.250. The molecule has 3 heterocycles. The van der Waals surface area contributed by atoms with E-state index in [1.54, 1.807) is 18.2 Å². The van der Waals surface area contributed by atoms with Crippen LogP contribution in [0.5, 0.6) is 5.75 Å². The number of aryl methyl sites for hydroxylation is 1. The van der Waals surface area contributed by atoms with E-state index in [1.165, 1.54) is 0 Å². The topological polar surface area (TPSA) is 65.3 Å². The summed E-state index contributed by atoms with van der Waals surface area (Å²) in [7, 11) is 0. The van der Waals surface area contributed by atoms with Gasteiger partial charge in [0, 0.05) is 43.0 Å². The van der Waals surface area contributed by atoms with E-state index in [0.717, 1.165) is 53.1 Å². The van der Waals surface area contributed by atoms with Gasteiger partial charge in [-0.25, -0.2) is 15.0 Å². The highest BCUT2D eigenvalue weighted by Crippen LogP contribution is 2.30. The normalized spacial score (nSPS) is 13.7. The molecular formula is C29H29F2N5O2. The molecule has 0 N–H and O–H groups in total. The molecule has 7 nitrogen and oxygen atoms in total. The Morgan fingerprint density at radius 2 is 1.84 bits per heavy atom. The number of fused-ring (bicyclic) bond motifs is 1. The Bertz CT molecular complexity index is 1430. The highest BCUT2D eigenvalue weighted by atomic mass is 19.3. The minimum atomic E-state index is -2.92. The molecule has 4 aromatic rings. The molecule has 1 aliphatic heterocycles. The van der Waals surface area contributed by atoms with E-state index in [2.05, 4.69) is 28.0 Å². The van der Waals surface area contributed by atoms with Crippen LogP contribution in [0, 0.1) is 0 Å². The van der Waals surface area contributed by atoms with Crippen molar-refractivity contribution in [3.8, 4) is 16.9 Å². The number of imidazole rings is 1. The fourth-order valence-electron chi connectivity index (χ4n) is 4.66. The zero-order chi connectivity index (χ0) is 26.5. The fourth-order valence-corrected chi connectivity index (χ4v) is 4.66. The Hall–Kier alpha value is -4.11. The molecule has 0 radical (unpaired) electrons. The summed E-state index contributed by atoms with van der Waals surface area (Å²) < 4.78 is 38.6. The highest BCUT2D eigenvalue weighted by Gasteiger charge is 2.18. The Morgan fingerprint density at radius 1 is 1.05 bits per heavy atom. The number of morpholine rings is 1. The third kappa shape index (κ3) is 5.43. The van der Waals surface area contributed by atoms with Crippen LogP contribution >= 0.6 is 0 Å². The van der Waals surface area contributed by atoms with Gasteiger partial charge in [0.15, 0.2) is 0 Å². The zero-order valence-electron chi connectivity index (χ0n) is 21.0. The van der Waals surface area contributed by atoms with Crippen molar-refractivity contribution in [3.05, 3.63) is 85.0 Å². The van der Waals surface area contributed by atoms with Gasteiger partial charge in [0.25, 0.3) is 0 Å². The smallest absolute Gasteiger partial charge is 0.387 e. The molecule has 0 bridgehead atoms. The molecule has 9 heteroatoms. The number of halogens is 2. The maximum atomic E-state index is 13.2.